The first-order valence-electron chi connectivity index (χ1n) is 9.89. The summed E-state index contributed by atoms with van der Waals surface area (Å²) in [5.41, 5.74) is 2.29. The number of nitrogens with one attached hydrogen (secondary N) is 1. The molecular weight excluding hydrogens is 390 g/mol. The van der Waals surface area contributed by atoms with Crippen molar-refractivity contribution in [3.05, 3.63) is 29.6 Å². The molecule has 0 saturated carbocycles. The van der Waals surface area contributed by atoms with Gasteiger partial charge in [0.2, 0.25) is 5.88 Å². The molecule has 2 aliphatic rings. The van der Waals surface area contributed by atoms with E-state index in [1.54, 1.807) is 7.11 Å². The predicted octanol–water partition coefficient (Wildman–Crippen LogP) is 2.96. The lowest BCUT2D eigenvalue weighted by atomic mass is 10.1. The Balaban J connectivity index is 1.85. The Hall–Kier alpha value is -2.26. The van der Waals surface area contributed by atoms with Crippen LogP contribution in [0.2, 0.25) is 0 Å². The Morgan fingerprint density at radius 1 is 1.28 bits per heavy atom. The highest BCUT2D eigenvalue weighted by atomic mass is 32.2. The first-order valence-corrected chi connectivity index (χ1v) is 11.7. The van der Waals surface area contributed by atoms with E-state index in [0.717, 1.165) is 36.5 Å². The van der Waals surface area contributed by atoms with Crippen LogP contribution in [0.1, 0.15) is 36.4 Å². The number of pyridine rings is 1. The first-order chi connectivity index (χ1) is 13.9. The van der Waals surface area contributed by atoms with Crippen LogP contribution >= 0.6 is 0 Å². The largest absolute Gasteiger partial charge is 0.481 e. The van der Waals surface area contributed by atoms with Gasteiger partial charge in [0.15, 0.2) is 5.82 Å². The van der Waals surface area contributed by atoms with Gasteiger partial charge in [-0.15, -0.1) is 0 Å². The third-order valence-corrected chi connectivity index (χ3v) is 7.79. The molecule has 0 aliphatic carbocycles. The average molecular weight is 418 g/mol. The van der Waals surface area contributed by atoms with Gasteiger partial charge < -0.3 is 14.4 Å². The van der Waals surface area contributed by atoms with Gasteiger partial charge in [-0.1, -0.05) is 0 Å². The number of nitrogens with zero attached hydrogens (tertiary/aromatic N) is 4. The molecule has 4 rings (SSSR count). The number of methoxy groups -OCH3 is 1. The number of hydrogen-bond donors (Lipinski definition) is 1. The summed E-state index contributed by atoms with van der Waals surface area (Å²) in [5, 5.41) is -0.357. The second-order valence-electron chi connectivity index (χ2n) is 7.69. The van der Waals surface area contributed by atoms with Crippen molar-refractivity contribution in [1.29, 1.82) is 4.78 Å². The lowest BCUT2D eigenvalue weighted by Crippen LogP contribution is -2.44. The lowest BCUT2D eigenvalue weighted by molar-refractivity contribution is 0.0985. The lowest BCUT2D eigenvalue weighted by Gasteiger charge is -2.34. The summed E-state index contributed by atoms with van der Waals surface area (Å²) in [7, 11) is -1.11. The van der Waals surface area contributed by atoms with E-state index in [9.17, 15) is 4.21 Å². The van der Waals surface area contributed by atoms with Crippen LogP contribution in [0.3, 0.4) is 0 Å². The molecular formula is C20H27N5O3S. The highest BCUT2D eigenvalue weighted by Gasteiger charge is 2.32. The molecule has 2 fully saturated rings. The minimum absolute atomic E-state index is 0.178. The fraction of sp³-hybridized carbons (Fsp3) is 0.550. The Kier molecular flexibility index (Phi) is 5.44. The van der Waals surface area contributed by atoms with E-state index in [0.29, 0.717) is 36.4 Å². The average Bonchev–Trinajstić information content (AvgIpc) is 3.06. The zero-order valence-electron chi connectivity index (χ0n) is 17.1. The zero-order valence-corrected chi connectivity index (χ0v) is 17.9. The first kappa shape index (κ1) is 20.0. The third-order valence-electron chi connectivity index (χ3n) is 5.49. The molecule has 2 aromatic heterocycles. The second-order valence-corrected chi connectivity index (χ2v) is 10.1. The molecule has 4 heterocycles. The summed E-state index contributed by atoms with van der Waals surface area (Å²) < 4.78 is 32.0. The van der Waals surface area contributed by atoms with Gasteiger partial charge in [-0.3, -0.25) is 4.78 Å². The van der Waals surface area contributed by atoms with E-state index in [4.69, 9.17) is 24.2 Å². The van der Waals surface area contributed by atoms with E-state index in [-0.39, 0.29) is 11.3 Å². The molecule has 1 N–H and O–H groups in total. The molecule has 0 radical (unpaired) electrons. The van der Waals surface area contributed by atoms with Crippen molar-refractivity contribution in [3.8, 4) is 17.3 Å². The molecule has 2 aliphatic heterocycles. The van der Waals surface area contributed by atoms with Gasteiger partial charge in [-0.2, -0.15) is 0 Å². The molecule has 2 unspecified atom stereocenters. The maximum Gasteiger partial charge on any atom is 0.213 e. The SMILES string of the molecule is COc1cc(-c2nc(C3CCCS3(=N)=O)cc(N3CCOC[C@H]3C)n2)cc(C)n1. The van der Waals surface area contributed by atoms with Crippen LogP contribution < -0.4 is 9.64 Å². The Morgan fingerprint density at radius 3 is 2.79 bits per heavy atom. The molecule has 9 heteroatoms. The maximum atomic E-state index is 12.8. The summed E-state index contributed by atoms with van der Waals surface area (Å²) in [4.78, 5) is 16.1. The standard InChI is InChI=1S/C20H27N5O3S/c1-13-9-15(10-19(22-13)27-3)20-23-16(17-5-4-8-29(17,21)26)11-18(24-20)25-6-7-28-12-14(25)2/h9-11,14,17,21H,4-8,12H2,1-3H3/t14-,17?,29?/m1/s1. The third kappa shape index (κ3) is 4.06. The molecule has 3 atom stereocenters. The Morgan fingerprint density at radius 2 is 2.10 bits per heavy atom. The van der Waals surface area contributed by atoms with Crippen LogP contribution in [0.25, 0.3) is 11.4 Å². The molecule has 2 saturated heterocycles. The number of aromatic nitrogens is 3. The van der Waals surface area contributed by atoms with Gasteiger partial charge in [-0.25, -0.2) is 19.2 Å². The van der Waals surface area contributed by atoms with Crippen molar-refractivity contribution in [2.45, 2.75) is 38.0 Å². The summed E-state index contributed by atoms with van der Waals surface area (Å²) in [5.74, 6) is 2.27. The number of morpholine rings is 1. The molecule has 29 heavy (non-hydrogen) atoms. The molecule has 0 aromatic carbocycles. The maximum absolute atomic E-state index is 12.8. The predicted molar refractivity (Wildman–Crippen MR) is 112 cm³/mol. The zero-order chi connectivity index (χ0) is 20.6. The van der Waals surface area contributed by atoms with Crippen molar-refractivity contribution in [2.75, 3.05) is 37.5 Å². The van der Waals surface area contributed by atoms with Crippen LogP contribution in [0.15, 0.2) is 18.2 Å². The topological polar surface area (TPSA) is 101 Å². The van der Waals surface area contributed by atoms with E-state index in [1.165, 1.54) is 0 Å². The summed E-state index contributed by atoms with van der Waals surface area (Å²) >= 11 is 0. The van der Waals surface area contributed by atoms with Crippen molar-refractivity contribution < 1.29 is 13.7 Å². The van der Waals surface area contributed by atoms with E-state index in [2.05, 4.69) is 16.8 Å². The molecule has 0 amide bonds. The molecule has 0 spiro atoms. The summed E-state index contributed by atoms with van der Waals surface area (Å²) in [6.45, 7) is 6.00. The Bertz CT molecular complexity index is 1010. The smallest absolute Gasteiger partial charge is 0.213 e. The number of aryl methyl sites for hydroxylation is 1. The van der Waals surface area contributed by atoms with E-state index in [1.807, 2.05) is 25.1 Å². The normalized spacial score (nSPS) is 27.2. The van der Waals surface area contributed by atoms with Gasteiger partial charge in [0.1, 0.15) is 5.82 Å². The fourth-order valence-electron chi connectivity index (χ4n) is 3.99. The van der Waals surface area contributed by atoms with Crippen LogP contribution in [-0.2, 0) is 14.5 Å². The number of ether oxygens (including phenoxy) is 2. The quantitative estimate of drug-likeness (QED) is 0.816. The summed E-state index contributed by atoms with van der Waals surface area (Å²) in [6.07, 6.45) is 1.51. The minimum atomic E-state index is -2.69. The monoisotopic (exact) mass is 417 g/mol. The number of hydrogen-bond acceptors (Lipinski definition) is 8. The van der Waals surface area contributed by atoms with Crippen molar-refractivity contribution in [3.63, 3.8) is 0 Å². The van der Waals surface area contributed by atoms with Crippen LogP contribution in [0.5, 0.6) is 5.88 Å². The van der Waals surface area contributed by atoms with Gasteiger partial charge in [0, 0.05) is 35.7 Å². The molecule has 0 bridgehead atoms. The van der Waals surface area contributed by atoms with Crippen LogP contribution in [-0.4, -0.2) is 57.8 Å². The van der Waals surface area contributed by atoms with Gasteiger partial charge in [-0.05, 0) is 32.8 Å². The second kappa shape index (κ2) is 7.87. The van der Waals surface area contributed by atoms with Gasteiger partial charge in [0.25, 0.3) is 0 Å². The van der Waals surface area contributed by atoms with Crippen molar-refractivity contribution >= 4 is 15.5 Å². The highest BCUT2D eigenvalue weighted by Crippen LogP contribution is 2.36. The van der Waals surface area contributed by atoms with Gasteiger partial charge in [0.05, 0.1) is 47.0 Å². The molecule has 2 aromatic rings. The summed E-state index contributed by atoms with van der Waals surface area (Å²) in [6, 6.07) is 5.82. The minimum Gasteiger partial charge on any atom is -0.481 e. The molecule has 8 nitrogen and oxygen atoms in total. The number of anilines is 1. The van der Waals surface area contributed by atoms with E-state index < -0.39 is 9.73 Å². The van der Waals surface area contributed by atoms with Crippen LogP contribution in [0, 0.1) is 11.7 Å². The van der Waals surface area contributed by atoms with Gasteiger partial charge >= 0.3 is 0 Å². The number of rotatable bonds is 4. The highest BCUT2D eigenvalue weighted by molar-refractivity contribution is 7.92. The Labute approximate surface area is 171 Å². The van der Waals surface area contributed by atoms with Crippen molar-refractivity contribution in [2.24, 2.45) is 0 Å². The molecule has 156 valence electrons. The van der Waals surface area contributed by atoms with Crippen LogP contribution in [0.4, 0.5) is 5.82 Å². The van der Waals surface area contributed by atoms with Crippen molar-refractivity contribution in [1.82, 2.24) is 15.0 Å². The fourth-order valence-corrected chi connectivity index (χ4v) is 5.93. The van der Waals surface area contributed by atoms with E-state index >= 15 is 0 Å².